The summed E-state index contributed by atoms with van der Waals surface area (Å²) in [6.07, 6.45) is 0. The Kier molecular flexibility index (Phi) is 3.41. The van der Waals surface area contributed by atoms with Gasteiger partial charge in [-0.15, -0.1) is 0 Å². The predicted octanol–water partition coefficient (Wildman–Crippen LogP) is 1.57. The number of amides is 1. The van der Waals surface area contributed by atoms with Gasteiger partial charge in [0.25, 0.3) is 5.91 Å². The fraction of sp³-hybridized carbons (Fsp3) is 0.533. The van der Waals surface area contributed by atoms with Crippen LogP contribution in [0.3, 0.4) is 0 Å². The van der Waals surface area contributed by atoms with Gasteiger partial charge in [0.15, 0.2) is 0 Å². The average molecular weight is 262 g/mol. The van der Waals surface area contributed by atoms with Gasteiger partial charge in [-0.05, 0) is 51.0 Å². The van der Waals surface area contributed by atoms with Gasteiger partial charge in [-0.1, -0.05) is 6.07 Å². The minimum absolute atomic E-state index is 0.151. The van der Waals surface area contributed by atoms with Crippen LogP contribution in [0.4, 0.5) is 0 Å². The maximum Gasteiger partial charge on any atom is 0.251 e. The lowest BCUT2D eigenvalue weighted by Gasteiger charge is -2.38. The van der Waals surface area contributed by atoms with E-state index in [1.54, 1.807) is 13.8 Å². The normalized spacial score (nSPS) is 15.2. The Balaban J connectivity index is 2.17. The number of carbonyl (C=O) groups excluding carboxylic acids is 1. The summed E-state index contributed by atoms with van der Waals surface area (Å²) in [6, 6.07) is 5.74. The molecule has 1 aliphatic heterocycles. The molecule has 0 fully saturated rings. The van der Waals surface area contributed by atoms with Crippen molar-refractivity contribution in [1.29, 1.82) is 0 Å². The number of carbonyl (C=O) groups is 1. The van der Waals surface area contributed by atoms with Crippen LogP contribution in [0, 0.1) is 0 Å². The average Bonchev–Trinajstić information content (AvgIpc) is 2.73. The van der Waals surface area contributed by atoms with E-state index in [4.69, 9.17) is 0 Å². The lowest BCUT2D eigenvalue weighted by atomic mass is 9.85. The summed E-state index contributed by atoms with van der Waals surface area (Å²) in [5.41, 5.74) is 1.38. The molecule has 0 bridgehead atoms. The zero-order valence-corrected chi connectivity index (χ0v) is 12.0. The van der Waals surface area contributed by atoms with E-state index in [0.717, 1.165) is 13.1 Å². The summed E-state index contributed by atoms with van der Waals surface area (Å²) in [4.78, 5) is 12.3. The Bertz CT molecular complexity index is 501. The number of benzene rings is 1. The van der Waals surface area contributed by atoms with Crippen LogP contribution in [-0.4, -0.2) is 22.2 Å². The highest BCUT2D eigenvalue weighted by atomic mass is 16.3. The first-order valence-electron chi connectivity index (χ1n) is 6.58. The van der Waals surface area contributed by atoms with Crippen molar-refractivity contribution in [3.63, 3.8) is 0 Å². The second kappa shape index (κ2) is 4.62. The molecular weight excluding hydrogens is 240 g/mol. The van der Waals surface area contributed by atoms with Crippen LogP contribution in [-0.2, 0) is 13.1 Å². The topological polar surface area (TPSA) is 61.4 Å². The Morgan fingerprint density at radius 2 is 1.84 bits per heavy atom. The van der Waals surface area contributed by atoms with Crippen LogP contribution < -0.4 is 10.6 Å². The molecule has 1 aromatic rings. The van der Waals surface area contributed by atoms with Crippen LogP contribution in [0.25, 0.3) is 0 Å². The van der Waals surface area contributed by atoms with Crippen molar-refractivity contribution in [2.45, 2.75) is 51.9 Å². The monoisotopic (exact) mass is 262 g/mol. The van der Waals surface area contributed by atoms with E-state index in [1.165, 1.54) is 11.1 Å². The van der Waals surface area contributed by atoms with Crippen LogP contribution in [0.15, 0.2) is 18.2 Å². The fourth-order valence-electron chi connectivity index (χ4n) is 1.94. The van der Waals surface area contributed by atoms with Crippen molar-refractivity contribution in [1.82, 2.24) is 10.6 Å². The number of hydrogen-bond donors (Lipinski definition) is 3. The van der Waals surface area contributed by atoms with E-state index in [9.17, 15) is 9.90 Å². The number of nitrogens with one attached hydrogen (secondary N) is 2. The van der Waals surface area contributed by atoms with Gasteiger partial charge < -0.3 is 15.7 Å². The molecule has 2 rings (SSSR count). The Morgan fingerprint density at radius 1 is 1.21 bits per heavy atom. The van der Waals surface area contributed by atoms with Gasteiger partial charge >= 0.3 is 0 Å². The Hall–Kier alpha value is -1.39. The van der Waals surface area contributed by atoms with Crippen LogP contribution in [0.5, 0.6) is 0 Å². The third-order valence-corrected chi connectivity index (χ3v) is 4.05. The summed E-state index contributed by atoms with van der Waals surface area (Å²) < 4.78 is 0. The number of aliphatic hydroxyl groups is 1. The van der Waals surface area contributed by atoms with Crippen LogP contribution in [0.2, 0.25) is 0 Å². The van der Waals surface area contributed by atoms with Gasteiger partial charge in [0.05, 0.1) is 11.1 Å². The van der Waals surface area contributed by atoms with Crippen molar-refractivity contribution in [2.24, 2.45) is 0 Å². The summed E-state index contributed by atoms with van der Waals surface area (Å²) in [5.74, 6) is -0.151. The van der Waals surface area contributed by atoms with E-state index in [1.807, 2.05) is 32.0 Å². The largest absolute Gasteiger partial charge is 0.388 e. The fourth-order valence-corrected chi connectivity index (χ4v) is 1.94. The van der Waals surface area contributed by atoms with Gasteiger partial charge in [0.2, 0.25) is 0 Å². The predicted molar refractivity (Wildman–Crippen MR) is 74.8 cm³/mol. The molecule has 4 heteroatoms. The van der Waals surface area contributed by atoms with Gasteiger partial charge in [-0.2, -0.15) is 0 Å². The molecule has 1 aliphatic rings. The highest BCUT2D eigenvalue weighted by Crippen LogP contribution is 2.22. The van der Waals surface area contributed by atoms with Crippen molar-refractivity contribution >= 4 is 5.91 Å². The molecule has 19 heavy (non-hydrogen) atoms. The first kappa shape index (κ1) is 14.0. The number of hydrogen-bond acceptors (Lipinski definition) is 3. The minimum atomic E-state index is -0.985. The molecule has 1 heterocycles. The maximum atomic E-state index is 12.3. The van der Waals surface area contributed by atoms with E-state index in [0.29, 0.717) is 5.56 Å². The molecule has 0 aliphatic carbocycles. The lowest BCUT2D eigenvalue weighted by molar-refractivity contribution is -0.00292. The van der Waals surface area contributed by atoms with E-state index in [-0.39, 0.29) is 5.91 Å². The van der Waals surface area contributed by atoms with Crippen molar-refractivity contribution in [3.8, 4) is 0 Å². The van der Waals surface area contributed by atoms with Gasteiger partial charge in [-0.25, -0.2) is 0 Å². The van der Waals surface area contributed by atoms with Crippen molar-refractivity contribution in [2.75, 3.05) is 0 Å². The highest BCUT2D eigenvalue weighted by molar-refractivity contribution is 5.95. The number of fused-ring (bicyclic) bond motifs is 1. The second-order valence-corrected chi connectivity index (χ2v) is 6.23. The van der Waals surface area contributed by atoms with Gasteiger partial charge in [0.1, 0.15) is 0 Å². The molecular formula is C15H22N2O2. The quantitative estimate of drug-likeness (QED) is 0.775. The molecule has 4 nitrogen and oxygen atoms in total. The minimum Gasteiger partial charge on any atom is -0.388 e. The number of rotatable bonds is 3. The first-order valence-corrected chi connectivity index (χ1v) is 6.58. The highest BCUT2D eigenvalue weighted by Gasteiger charge is 2.36. The molecule has 0 spiro atoms. The molecule has 0 aromatic heterocycles. The van der Waals surface area contributed by atoms with Crippen molar-refractivity contribution < 1.29 is 9.90 Å². The van der Waals surface area contributed by atoms with Crippen molar-refractivity contribution in [3.05, 3.63) is 34.9 Å². The SMILES string of the molecule is CC(C)(O)C(C)(C)NC(=O)c1ccc2c(c1)CNC2. The zero-order chi connectivity index (χ0) is 14.3. The maximum absolute atomic E-state index is 12.3. The molecule has 0 atom stereocenters. The molecule has 3 N–H and O–H groups in total. The Labute approximate surface area is 114 Å². The van der Waals surface area contributed by atoms with E-state index < -0.39 is 11.1 Å². The van der Waals surface area contributed by atoms with E-state index >= 15 is 0 Å². The van der Waals surface area contributed by atoms with E-state index in [2.05, 4.69) is 10.6 Å². The summed E-state index contributed by atoms with van der Waals surface area (Å²) >= 11 is 0. The summed E-state index contributed by atoms with van der Waals surface area (Å²) in [5, 5.41) is 16.2. The van der Waals surface area contributed by atoms with Gasteiger partial charge in [-0.3, -0.25) is 4.79 Å². The third kappa shape index (κ3) is 2.80. The molecule has 0 saturated carbocycles. The molecule has 0 unspecified atom stereocenters. The van der Waals surface area contributed by atoms with Crippen LogP contribution >= 0.6 is 0 Å². The molecule has 0 saturated heterocycles. The van der Waals surface area contributed by atoms with Gasteiger partial charge in [0, 0.05) is 18.7 Å². The summed E-state index contributed by atoms with van der Waals surface area (Å²) in [6.45, 7) is 8.71. The molecule has 1 amide bonds. The molecule has 0 radical (unpaired) electrons. The first-order chi connectivity index (χ1) is 8.71. The van der Waals surface area contributed by atoms with Crippen LogP contribution in [0.1, 0.15) is 49.2 Å². The standard InChI is InChI=1S/C15H22N2O2/c1-14(2,15(3,4)19)17-13(18)10-5-6-11-8-16-9-12(11)7-10/h5-7,16,19H,8-9H2,1-4H3,(H,17,18). The second-order valence-electron chi connectivity index (χ2n) is 6.23. The lowest BCUT2D eigenvalue weighted by Crippen LogP contribution is -2.57. The molecule has 104 valence electrons. The smallest absolute Gasteiger partial charge is 0.251 e. The third-order valence-electron chi connectivity index (χ3n) is 4.05. The summed E-state index contributed by atoms with van der Waals surface area (Å²) in [7, 11) is 0. The zero-order valence-electron chi connectivity index (χ0n) is 12.0. The Morgan fingerprint density at radius 3 is 2.47 bits per heavy atom. The molecule has 1 aromatic carbocycles.